The van der Waals surface area contributed by atoms with Crippen LogP contribution < -0.4 is 0 Å². The fourth-order valence-corrected chi connectivity index (χ4v) is 4.34. The molecule has 0 aromatic heterocycles. The van der Waals surface area contributed by atoms with Gasteiger partial charge in [-0.3, -0.25) is 0 Å². The molecule has 1 saturated carbocycles. The minimum absolute atomic E-state index is 0.126. The predicted octanol–water partition coefficient (Wildman–Crippen LogP) is 5.83. The number of ether oxygens (including phenoxy) is 1. The lowest BCUT2D eigenvalue weighted by molar-refractivity contribution is -0.0545. The van der Waals surface area contributed by atoms with E-state index in [4.69, 9.17) is 4.74 Å². The molecule has 134 valence electrons. The topological polar surface area (TPSA) is 9.23 Å². The van der Waals surface area contributed by atoms with Crippen LogP contribution in [0.5, 0.6) is 0 Å². The Bertz CT molecular complexity index is 518. The van der Waals surface area contributed by atoms with Gasteiger partial charge in [0.25, 0.3) is 0 Å². The molecule has 0 amide bonds. The second-order valence-electron chi connectivity index (χ2n) is 8.06. The Morgan fingerprint density at radius 1 is 1.00 bits per heavy atom. The third-order valence-electron chi connectivity index (χ3n) is 6.14. The molecule has 0 radical (unpaired) electrons. The van der Waals surface area contributed by atoms with Crippen molar-refractivity contribution in [3.63, 3.8) is 0 Å². The van der Waals surface area contributed by atoms with Gasteiger partial charge in [0.15, 0.2) is 0 Å². The van der Waals surface area contributed by atoms with Crippen molar-refractivity contribution >= 4 is 0 Å². The highest BCUT2D eigenvalue weighted by molar-refractivity contribution is 5.25. The average Bonchev–Trinajstić information content (AvgIpc) is 2.59. The van der Waals surface area contributed by atoms with Crippen LogP contribution in [0.2, 0.25) is 0 Å². The maximum absolute atomic E-state index is 13.6. The molecule has 2 fully saturated rings. The zero-order valence-corrected chi connectivity index (χ0v) is 15.0. The van der Waals surface area contributed by atoms with E-state index in [-0.39, 0.29) is 5.56 Å². The van der Waals surface area contributed by atoms with Crippen molar-refractivity contribution in [3.8, 4) is 0 Å². The first-order valence-corrected chi connectivity index (χ1v) is 9.59. The first-order valence-electron chi connectivity index (χ1n) is 9.59. The SMILES string of the molecule is Cc1c(F)cc(CCC2CCC(C3CCC(C)CO3)CC2)cc1F. The summed E-state index contributed by atoms with van der Waals surface area (Å²) in [6.07, 6.45) is 9.78. The molecular weight excluding hydrogens is 306 g/mol. The molecule has 2 unspecified atom stereocenters. The second-order valence-corrected chi connectivity index (χ2v) is 8.06. The molecule has 0 bridgehead atoms. The highest BCUT2D eigenvalue weighted by atomic mass is 19.1. The summed E-state index contributed by atoms with van der Waals surface area (Å²) in [6.45, 7) is 4.68. The van der Waals surface area contributed by atoms with Gasteiger partial charge in [0.1, 0.15) is 11.6 Å². The smallest absolute Gasteiger partial charge is 0.129 e. The van der Waals surface area contributed by atoms with Gasteiger partial charge in [-0.15, -0.1) is 0 Å². The predicted molar refractivity (Wildman–Crippen MR) is 93.0 cm³/mol. The third kappa shape index (κ3) is 4.36. The third-order valence-corrected chi connectivity index (χ3v) is 6.14. The first kappa shape index (κ1) is 17.8. The quantitative estimate of drug-likeness (QED) is 0.672. The normalized spacial score (nSPS) is 31.2. The largest absolute Gasteiger partial charge is 0.378 e. The van der Waals surface area contributed by atoms with E-state index in [1.165, 1.54) is 57.6 Å². The van der Waals surface area contributed by atoms with Gasteiger partial charge >= 0.3 is 0 Å². The molecule has 1 aliphatic heterocycles. The molecule has 1 aromatic carbocycles. The van der Waals surface area contributed by atoms with Crippen LogP contribution in [0.25, 0.3) is 0 Å². The van der Waals surface area contributed by atoms with Gasteiger partial charge in [-0.25, -0.2) is 8.78 Å². The van der Waals surface area contributed by atoms with Gasteiger partial charge in [-0.1, -0.05) is 19.8 Å². The molecule has 2 atom stereocenters. The molecule has 0 spiro atoms. The number of rotatable bonds is 4. The Morgan fingerprint density at radius 3 is 2.25 bits per heavy atom. The van der Waals surface area contributed by atoms with Crippen molar-refractivity contribution in [3.05, 3.63) is 34.9 Å². The Balaban J connectivity index is 1.44. The number of hydrogen-bond donors (Lipinski definition) is 0. The molecular formula is C21H30F2O. The zero-order chi connectivity index (χ0) is 17.1. The van der Waals surface area contributed by atoms with Crippen LogP contribution in [-0.2, 0) is 11.2 Å². The van der Waals surface area contributed by atoms with Gasteiger partial charge in [-0.2, -0.15) is 0 Å². The molecule has 1 aromatic rings. The van der Waals surface area contributed by atoms with E-state index in [0.29, 0.717) is 17.9 Å². The summed E-state index contributed by atoms with van der Waals surface area (Å²) in [4.78, 5) is 0. The monoisotopic (exact) mass is 336 g/mol. The van der Waals surface area contributed by atoms with Gasteiger partial charge in [0, 0.05) is 12.2 Å². The highest BCUT2D eigenvalue weighted by Gasteiger charge is 2.30. The number of aryl methyl sites for hydroxylation is 1. The van der Waals surface area contributed by atoms with Crippen molar-refractivity contribution in [1.29, 1.82) is 0 Å². The molecule has 24 heavy (non-hydrogen) atoms. The fraction of sp³-hybridized carbons (Fsp3) is 0.714. The molecule has 1 saturated heterocycles. The van der Waals surface area contributed by atoms with Crippen molar-refractivity contribution in [2.75, 3.05) is 6.61 Å². The van der Waals surface area contributed by atoms with Crippen molar-refractivity contribution in [2.24, 2.45) is 17.8 Å². The lowest BCUT2D eigenvalue weighted by atomic mass is 9.76. The van der Waals surface area contributed by atoms with E-state index >= 15 is 0 Å². The molecule has 1 nitrogen and oxygen atoms in total. The van der Waals surface area contributed by atoms with Crippen molar-refractivity contribution < 1.29 is 13.5 Å². The van der Waals surface area contributed by atoms with Gasteiger partial charge in [-0.05, 0) is 80.9 Å². The summed E-state index contributed by atoms with van der Waals surface area (Å²) in [5.74, 6) is 1.29. The Labute approximate surface area is 144 Å². The van der Waals surface area contributed by atoms with Crippen LogP contribution in [-0.4, -0.2) is 12.7 Å². The average molecular weight is 336 g/mol. The summed E-state index contributed by atoms with van der Waals surface area (Å²) >= 11 is 0. The van der Waals surface area contributed by atoms with Crippen LogP contribution in [0.4, 0.5) is 8.78 Å². The fourth-order valence-electron chi connectivity index (χ4n) is 4.34. The molecule has 2 aliphatic rings. The second kappa shape index (κ2) is 7.95. The van der Waals surface area contributed by atoms with E-state index in [1.807, 2.05) is 0 Å². The maximum Gasteiger partial charge on any atom is 0.129 e. The van der Waals surface area contributed by atoms with E-state index in [1.54, 1.807) is 0 Å². The molecule has 1 heterocycles. The highest BCUT2D eigenvalue weighted by Crippen LogP contribution is 2.37. The lowest BCUT2D eigenvalue weighted by Crippen LogP contribution is -2.33. The standard InChI is InChI=1S/C21H30F2O/c1-14-3-10-21(24-13-14)18-8-6-16(7-9-18)4-5-17-11-19(22)15(2)20(23)12-17/h11-12,14,16,18,21H,3-10,13H2,1-2H3. The summed E-state index contributed by atoms with van der Waals surface area (Å²) in [7, 11) is 0. The Kier molecular flexibility index (Phi) is 5.91. The summed E-state index contributed by atoms with van der Waals surface area (Å²) < 4.78 is 33.3. The maximum atomic E-state index is 13.6. The van der Waals surface area contributed by atoms with Gasteiger partial charge in [0.05, 0.1) is 6.10 Å². The van der Waals surface area contributed by atoms with E-state index in [0.717, 1.165) is 30.9 Å². The summed E-state index contributed by atoms with van der Waals surface area (Å²) in [5.41, 5.74) is 0.920. The minimum atomic E-state index is -0.419. The van der Waals surface area contributed by atoms with Crippen LogP contribution in [0.1, 0.15) is 63.0 Å². The Hall–Kier alpha value is -0.960. The molecule has 3 rings (SSSR count). The number of hydrogen-bond acceptors (Lipinski definition) is 1. The first-order chi connectivity index (χ1) is 11.5. The van der Waals surface area contributed by atoms with Gasteiger partial charge in [0.2, 0.25) is 0 Å². The lowest BCUT2D eigenvalue weighted by Gasteiger charge is -2.37. The van der Waals surface area contributed by atoms with Crippen LogP contribution >= 0.6 is 0 Å². The van der Waals surface area contributed by atoms with E-state index in [9.17, 15) is 8.78 Å². The van der Waals surface area contributed by atoms with Gasteiger partial charge < -0.3 is 4.74 Å². The number of benzene rings is 1. The Morgan fingerprint density at radius 2 is 1.67 bits per heavy atom. The molecule has 3 heteroatoms. The summed E-state index contributed by atoms with van der Waals surface area (Å²) in [6, 6.07) is 3.00. The summed E-state index contributed by atoms with van der Waals surface area (Å²) in [5, 5.41) is 0. The zero-order valence-electron chi connectivity index (χ0n) is 15.0. The van der Waals surface area contributed by atoms with E-state index in [2.05, 4.69) is 6.92 Å². The van der Waals surface area contributed by atoms with Crippen LogP contribution in [0.15, 0.2) is 12.1 Å². The van der Waals surface area contributed by atoms with Crippen molar-refractivity contribution in [2.45, 2.75) is 71.3 Å². The number of halogens is 2. The van der Waals surface area contributed by atoms with Crippen LogP contribution in [0.3, 0.4) is 0 Å². The molecule has 0 N–H and O–H groups in total. The molecule has 1 aliphatic carbocycles. The minimum Gasteiger partial charge on any atom is -0.378 e. The van der Waals surface area contributed by atoms with Crippen molar-refractivity contribution in [1.82, 2.24) is 0 Å². The van der Waals surface area contributed by atoms with E-state index < -0.39 is 11.6 Å². The van der Waals surface area contributed by atoms with Crippen LogP contribution in [0, 0.1) is 36.3 Å².